The maximum absolute atomic E-state index is 12.5. The molecule has 5 heteroatoms. The summed E-state index contributed by atoms with van der Waals surface area (Å²) in [6.45, 7) is 0. The van der Waals surface area contributed by atoms with E-state index in [0.717, 1.165) is 10.9 Å². The number of pyridine rings is 1. The Morgan fingerprint density at radius 3 is 3.06 bits per heavy atom. The first-order valence-corrected chi connectivity index (χ1v) is 5.58. The number of aromatic amines is 1. The predicted octanol–water partition coefficient (Wildman–Crippen LogP) is 1.72. The topological polar surface area (TPSA) is 63.0 Å². The molecule has 86 valence electrons. The molecule has 5 nitrogen and oxygen atoms in total. The molecule has 1 N–H and O–H groups in total. The largest absolute Gasteiger partial charge is 0.277 e. The Morgan fingerprint density at radius 1 is 1.17 bits per heavy atom. The van der Waals surface area contributed by atoms with E-state index < -0.39 is 0 Å². The van der Waals surface area contributed by atoms with E-state index >= 15 is 0 Å². The Labute approximate surface area is 101 Å². The zero-order chi connectivity index (χ0) is 12.1. The third-order valence-corrected chi connectivity index (χ3v) is 3.10. The lowest BCUT2D eigenvalue weighted by molar-refractivity contribution is 1.07. The molecule has 0 amide bonds. The maximum atomic E-state index is 12.5. The highest BCUT2D eigenvalue weighted by molar-refractivity contribution is 6.03. The van der Waals surface area contributed by atoms with Crippen molar-refractivity contribution < 1.29 is 0 Å². The summed E-state index contributed by atoms with van der Waals surface area (Å²) in [5.41, 5.74) is 1.99. The van der Waals surface area contributed by atoms with Crippen LogP contribution in [-0.2, 0) is 0 Å². The van der Waals surface area contributed by atoms with Gasteiger partial charge in [-0.2, -0.15) is 5.10 Å². The predicted molar refractivity (Wildman–Crippen MR) is 68.6 cm³/mol. The third kappa shape index (κ3) is 1.08. The van der Waals surface area contributed by atoms with Gasteiger partial charge in [0, 0.05) is 11.6 Å². The Kier molecular flexibility index (Phi) is 1.64. The Balaban J connectivity index is 2.40. The van der Waals surface area contributed by atoms with Gasteiger partial charge in [0.25, 0.3) is 5.56 Å². The van der Waals surface area contributed by atoms with Crippen LogP contribution in [0.2, 0.25) is 0 Å². The van der Waals surface area contributed by atoms with Crippen molar-refractivity contribution in [2.75, 3.05) is 0 Å². The van der Waals surface area contributed by atoms with Gasteiger partial charge in [-0.15, -0.1) is 0 Å². The standard InChI is InChI=1S/C13H8N4O/c18-13-11-9(5-4-8-7-14-16-12(8)11)15-10-3-1-2-6-17(10)13/h1-7H,(H,14,16). The fourth-order valence-corrected chi connectivity index (χ4v) is 2.25. The first-order chi connectivity index (χ1) is 8.84. The van der Waals surface area contributed by atoms with Crippen molar-refractivity contribution in [2.45, 2.75) is 0 Å². The normalized spacial score (nSPS) is 11.6. The van der Waals surface area contributed by atoms with E-state index in [-0.39, 0.29) is 5.56 Å². The lowest BCUT2D eigenvalue weighted by Crippen LogP contribution is -2.15. The summed E-state index contributed by atoms with van der Waals surface area (Å²) in [4.78, 5) is 17.0. The van der Waals surface area contributed by atoms with Gasteiger partial charge in [0.2, 0.25) is 0 Å². The molecular weight excluding hydrogens is 228 g/mol. The number of H-pyrrole nitrogens is 1. The van der Waals surface area contributed by atoms with Gasteiger partial charge >= 0.3 is 0 Å². The quantitative estimate of drug-likeness (QED) is 0.473. The van der Waals surface area contributed by atoms with E-state index in [1.807, 2.05) is 30.3 Å². The average Bonchev–Trinajstić information content (AvgIpc) is 2.87. The second-order valence-electron chi connectivity index (χ2n) is 4.14. The van der Waals surface area contributed by atoms with Crippen molar-refractivity contribution in [3.05, 3.63) is 53.1 Å². The molecule has 0 saturated carbocycles. The van der Waals surface area contributed by atoms with Gasteiger partial charge in [-0.05, 0) is 24.3 Å². The van der Waals surface area contributed by atoms with Crippen LogP contribution in [0, 0.1) is 0 Å². The van der Waals surface area contributed by atoms with Gasteiger partial charge in [0.05, 0.1) is 22.6 Å². The van der Waals surface area contributed by atoms with Crippen molar-refractivity contribution in [1.82, 2.24) is 19.6 Å². The molecule has 0 unspecified atom stereocenters. The van der Waals surface area contributed by atoms with E-state index in [1.54, 1.807) is 16.8 Å². The average molecular weight is 236 g/mol. The van der Waals surface area contributed by atoms with Crippen LogP contribution in [-0.4, -0.2) is 19.6 Å². The van der Waals surface area contributed by atoms with E-state index in [2.05, 4.69) is 15.2 Å². The summed E-state index contributed by atoms with van der Waals surface area (Å²) < 4.78 is 1.54. The van der Waals surface area contributed by atoms with E-state index in [0.29, 0.717) is 16.6 Å². The minimum Gasteiger partial charge on any atom is -0.277 e. The number of benzene rings is 1. The Hall–Kier alpha value is -2.69. The van der Waals surface area contributed by atoms with Crippen LogP contribution in [0.1, 0.15) is 0 Å². The number of fused-ring (bicyclic) bond motifs is 4. The zero-order valence-electron chi connectivity index (χ0n) is 9.29. The summed E-state index contributed by atoms with van der Waals surface area (Å²) in [7, 11) is 0. The molecule has 0 fully saturated rings. The highest BCUT2D eigenvalue weighted by Crippen LogP contribution is 2.19. The number of hydrogen-bond acceptors (Lipinski definition) is 3. The molecule has 0 radical (unpaired) electrons. The Bertz CT molecular complexity index is 951. The number of hydrogen-bond donors (Lipinski definition) is 1. The second-order valence-corrected chi connectivity index (χ2v) is 4.14. The minimum absolute atomic E-state index is 0.0783. The van der Waals surface area contributed by atoms with E-state index in [1.165, 1.54) is 0 Å². The molecule has 3 aromatic heterocycles. The minimum atomic E-state index is -0.0783. The Morgan fingerprint density at radius 2 is 2.11 bits per heavy atom. The molecule has 1 aromatic carbocycles. The highest BCUT2D eigenvalue weighted by atomic mass is 16.1. The molecule has 18 heavy (non-hydrogen) atoms. The smallest absolute Gasteiger partial charge is 0.267 e. The van der Waals surface area contributed by atoms with Crippen LogP contribution in [0.15, 0.2) is 47.5 Å². The van der Waals surface area contributed by atoms with E-state index in [9.17, 15) is 4.79 Å². The molecule has 0 aliphatic rings. The molecule has 0 atom stereocenters. The second kappa shape index (κ2) is 3.16. The van der Waals surface area contributed by atoms with Crippen LogP contribution in [0.4, 0.5) is 0 Å². The molecule has 0 saturated heterocycles. The summed E-state index contributed by atoms with van der Waals surface area (Å²) in [5.74, 6) is 0. The lowest BCUT2D eigenvalue weighted by atomic mass is 10.2. The van der Waals surface area contributed by atoms with Crippen molar-refractivity contribution in [3.8, 4) is 0 Å². The molecule has 0 spiro atoms. The van der Waals surface area contributed by atoms with Crippen LogP contribution in [0.25, 0.3) is 27.5 Å². The molecule has 3 heterocycles. The molecule has 0 bridgehead atoms. The lowest BCUT2D eigenvalue weighted by Gasteiger charge is -2.03. The fourth-order valence-electron chi connectivity index (χ4n) is 2.25. The summed E-state index contributed by atoms with van der Waals surface area (Å²) in [6.07, 6.45) is 3.42. The fraction of sp³-hybridized carbons (Fsp3) is 0. The first kappa shape index (κ1) is 9.35. The third-order valence-electron chi connectivity index (χ3n) is 3.10. The van der Waals surface area contributed by atoms with Crippen LogP contribution < -0.4 is 5.56 Å². The summed E-state index contributed by atoms with van der Waals surface area (Å²) in [5, 5.41) is 8.33. The number of nitrogens with one attached hydrogen (secondary N) is 1. The zero-order valence-corrected chi connectivity index (χ0v) is 9.29. The molecule has 4 rings (SSSR count). The first-order valence-electron chi connectivity index (χ1n) is 5.58. The summed E-state index contributed by atoms with van der Waals surface area (Å²) in [6, 6.07) is 9.25. The van der Waals surface area contributed by atoms with Crippen molar-refractivity contribution in [1.29, 1.82) is 0 Å². The molecule has 0 aliphatic heterocycles. The van der Waals surface area contributed by atoms with Gasteiger partial charge in [-0.1, -0.05) is 6.07 Å². The van der Waals surface area contributed by atoms with Gasteiger partial charge in [-0.25, -0.2) is 4.98 Å². The van der Waals surface area contributed by atoms with E-state index in [4.69, 9.17) is 0 Å². The summed E-state index contributed by atoms with van der Waals surface area (Å²) >= 11 is 0. The van der Waals surface area contributed by atoms with Crippen molar-refractivity contribution in [2.24, 2.45) is 0 Å². The number of aromatic nitrogens is 4. The number of rotatable bonds is 0. The van der Waals surface area contributed by atoms with Crippen molar-refractivity contribution in [3.63, 3.8) is 0 Å². The molecule has 0 aliphatic carbocycles. The maximum Gasteiger partial charge on any atom is 0.267 e. The van der Waals surface area contributed by atoms with Crippen LogP contribution in [0.5, 0.6) is 0 Å². The SMILES string of the molecule is O=c1c2c(ccc3cn[nH]c32)nc2ccccn12. The van der Waals surface area contributed by atoms with Gasteiger partial charge in [0.15, 0.2) is 0 Å². The number of nitrogens with zero attached hydrogens (tertiary/aromatic N) is 3. The van der Waals surface area contributed by atoms with Crippen LogP contribution >= 0.6 is 0 Å². The van der Waals surface area contributed by atoms with Gasteiger partial charge in [0.1, 0.15) is 5.65 Å². The van der Waals surface area contributed by atoms with Gasteiger partial charge < -0.3 is 0 Å². The molecule has 4 aromatic rings. The monoisotopic (exact) mass is 236 g/mol. The van der Waals surface area contributed by atoms with Gasteiger partial charge in [-0.3, -0.25) is 14.3 Å². The molecular formula is C13H8N4O. The van der Waals surface area contributed by atoms with Crippen LogP contribution in [0.3, 0.4) is 0 Å². The van der Waals surface area contributed by atoms with Crippen molar-refractivity contribution >= 4 is 27.5 Å². The highest BCUT2D eigenvalue weighted by Gasteiger charge is 2.09.